The summed E-state index contributed by atoms with van der Waals surface area (Å²) >= 11 is 0. The van der Waals surface area contributed by atoms with Gasteiger partial charge in [0.1, 0.15) is 5.92 Å². The first-order chi connectivity index (χ1) is 8.76. The van der Waals surface area contributed by atoms with E-state index in [0.29, 0.717) is 6.54 Å². The van der Waals surface area contributed by atoms with Crippen molar-refractivity contribution in [3.63, 3.8) is 0 Å². The Balaban J connectivity index is 2.81. The van der Waals surface area contributed by atoms with Crippen LogP contribution in [0.15, 0.2) is 0 Å². The summed E-state index contributed by atoms with van der Waals surface area (Å²) in [5, 5.41) is 9.17. The molecule has 2 atom stereocenters. The predicted octanol–water partition coefficient (Wildman–Crippen LogP) is 0.452. The largest absolute Gasteiger partial charge is 0.481 e. The molecule has 1 rings (SSSR count). The van der Waals surface area contributed by atoms with E-state index in [9.17, 15) is 14.7 Å². The van der Waals surface area contributed by atoms with Crippen molar-refractivity contribution >= 4 is 11.9 Å². The Hall–Kier alpha value is -1.14. The molecule has 6 nitrogen and oxygen atoms in total. The third-order valence-corrected chi connectivity index (χ3v) is 3.16. The highest BCUT2D eigenvalue weighted by atomic mass is 16.5. The number of carbonyl (C=O) groups is 2. The summed E-state index contributed by atoms with van der Waals surface area (Å²) in [6.45, 7) is 6.52. The monoisotopic (exact) mass is 272 g/mol. The molecule has 0 aromatic heterocycles. The second kappa shape index (κ2) is 6.34. The number of amides is 1. The van der Waals surface area contributed by atoms with Crippen LogP contribution in [-0.2, 0) is 14.3 Å². The molecule has 3 N–H and O–H groups in total. The van der Waals surface area contributed by atoms with Gasteiger partial charge in [0.25, 0.3) is 0 Å². The predicted molar refractivity (Wildman–Crippen MR) is 70.6 cm³/mol. The van der Waals surface area contributed by atoms with Crippen molar-refractivity contribution in [3.05, 3.63) is 0 Å². The molecule has 1 heterocycles. The number of hydrogen-bond acceptors (Lipinski definition) is 4. The second-order valence-corrected chi connectivity index (χ2v) is 5.80. The molecule has 6 heteroatoms. The minimum absolute atomic E-state index is 0.101. The van der Waals surface area contributed by atoms with E-state index in [0.717, 1.165) is 6.42 Å². The smallest absolute Gasteiger partial charge is 0.311 e. The minimum Gasteiger partial charge on any atom is -0.481 e. The van der Waals surface area contributed by atoms with E-state index in [1.807, 2.05) is 6.92 Å². The Morgan fingerprint density at radius 2 is 2.05 bits per heavy atom. The zero-order chi connectivity index (χ0) is 14.6. The van der Waals surface area contributed by atoms with E-state index >= 15 is 0 Å². The van der Waals surface area contributed by atoms with Gasteiger partial charge < -0.3 is 20.5 Å². The first-order valence-corrected chi connectivity index (χ1v) is 6.65. The van der Waals surface area contributed by atoms with Gasteiger partial charge in [-0.1, -0.05) is 6.92 Å². The van der Waals surface area contributed by atoms with Gasteiger partial charge in [-0.05, 0) is 20.3 Å². The molecule has 0 bridgehead atoms. The number of nitrogens with zero attached hydrogens (tertiary/aromatic N) is 1. The Morgan fingerprint density at radius 3 is 2.53 bits per heavy atom. The summed E-state index contributed by atoms with van der Waals surface area (Å²) in [6, 6.07) is -0.382. The van der Waals surface area contributed by atoms with Crippen LogP contribution in [0.4, 0.5) is 0 Å². The first kappa shape index (κ1) is 15.9. The molecule has 2 unspecified atom stereocenters. The molecule has 110 valence electrons. The van der Waals surface area contributed by atoms with E-state index < -0.39 is 17.4 Å². The highest BCUT2D eigenvalue weighted by Gasteiger charge is 2.40. The minimum atomic E-state index is -0.914. The number of rotatable bonds is 6. The highest BCUT2D eigenvalue weighted by molar-refractivity contribution is 5.79. The topological polar surface area (TPSA) is 92.9 Å². The molecule has 1 aliphatic rings. The molecule has 1 aliphatic heterocycles. The highest BCUT2D eigenvalue weighted by Crippen LogP contribution is 2.22. The molecule has 1 fully saturated rings. The number of hydrogen-bond donors (Lipinski definition) is 2. The lowest BCUT2D eigenvalue weighted by molar-refractivity contribution is -0.145. The van der Waals surface area contributed by atoms with Crippen LogP contribution in [0.5, 0.6) is 0 Å². The average molecular weight is 272 g/mol. The molecular formula is C13H24N2O4. The molecule has 19 heavy (non-hydrogen) atoms. The van der Waals surface area contributed by atoms with Gasteiger partial charge in [0.2, 0.25) is 5.91 Å². The summed E-state index contributed by atoms with van der Waals surface area (Å²) in [5.74, 6) is -1.66. The van der Waals surface area contributed by atoms with E-state index in [2.05, 4.69) is 0 Å². The van der Waals surface area contributed by atoms with Crippen molar-refractivity contribution in [2.75, 3.05) is 19.8 Å². The summed E-state index contributed by atoms with van der Waals surface area (Å²) in [5.41, 5.74) is 5.27. The van der Waals surface area contributed by atoms with Gasteiger partial charge in [0.05, 0.1) is 19.3 Å². The first-order valence-electron chi connectivity index (χ1n) is 6.65. The van der Waals surface area contributed by atoms with Gasteiger partial charge in [-0.3, -0.25) is 9.59 Å². The van der Waals surface area contributed by atoms with Crippen LogP contribution < -0.4 is 5.73 Å². The fourth-order valence-electron chi connectivity index (χ4n) is 2.29. The number of nitrogens with two attached hydrogens (primary N) is 1. The maximum Gasteiger partial charge on any atom is 0.311 e. The third-order valence-electron chi connectivity index (χ3n) is 3.16. The van der Waals surface area contributed by atoms with Crippen molar-refractivity contribution in [1.29, 1.82) is 0 Å². The maximum absolute atomic E-state index is 12.3. The summed E-state index contributed by atoms with van der Waals surface area (Å²) in [7, 11) is 0. The Kier molecular flexibility index (Phi) is 5.31. The number of ether oxygens (including phenoxy) is 1. The van der Waals surface area contributed by atoms with Gasteiger partial charge in [-0.2, -0.15) is 0 Å². The quantitative estimate of drug-likeness (QED) is 0.732. The summed E-state index contributed by atoms with van der Waals surface area (Å²) < 4.78 is 5.23. The Bertz CT molecular complexity index is 338. The molecule has 1 saturated heterocycles. The zero-order valence-corrected chi connectivity index (χ0v) is 11.9. The van der Waals surface area contributed by atoms with Crippen LogP contribution in [0.25, 0.3) is 0 Å². The van der Waals surface area contributed by atoms with E-state index in [4.69, 9.17) is 10.5 Å². The van der Waals surface area contributed by atoms with Crippen LogP contribution in [-0.4, -0.2) is 53.2 Å². The number of carbonyl (C=O) groups excluding carboxylic acids is 1. The summed E-state index contributed by atoms with van der Waals surface area (Å²) in [6.07, 6.45) is 0.982. The molecule has 0 spiro atoms. The average Bonchev–Trinajstić information content (AvgIpc) is 2.71. The van der Waals surface area contributed by atoms with E-state index in [1.165, 1.54) is 0 Å². The van der Waals surface area contributed by atoms with Crippen LogP contribution in [0.1, 0.15) is 33.6 Å². The van der Waals surface area contributed by atoms with Gasteiger partial charge in [0, 0.05) is 18.5 Å². The van der Waals surface area contributed by atoms with E-state index in [1.54, 1.807) is 18.7 Å². The van der Waals surface area contributed by atoms with Crippen LogP contribution >= 0.6 is 0 Å². The lowest BCUT2D eigenvalue weighted by Gasteiger charge is -2.32. The maximum atomic E-state index is 12.3. The van der Waals surface area contributed by atoms with Crippen LogP contribution in [0.2, 0.25) is 0 Å². The standard InChI is InChI=1S/C13H24N2O4/c1-4-5-15(11(16)6-13(2,3)14)10-8-19-7-9(10)12(17)18/h9-10H,4-8,14H2,1-3H3,(H,17,18). The number of carboxylic acid groups (broad SMARTS) is 1. The normalized spacial score (nSPS) is 23.4. The Morgan fingerprint density at radius 1 is 1.42 bits per heavy atom. The van der Waals surface area contributed by atoms with Crippen molar-refractivity contribution < 1.29 is 19.4 Å². The lowest BCUT2D eigenvalue weighted by Crippen LogP contribution is -2.49. The molecular weight excluding hydrogens is 248 g/mol. The fraction of sp³-hybridized carbons (Fsp3) is 0.846. The molecule has 0 radical (unpaired) electrons. The summed E-state index contributed by atoms with van der Waals surface area (Å²) in [4.78, 5) is 25.1. The van der Waals surface area contributed by atoms with Crippen molar-refractivity contribution in [3.8, 4) is 0 Å². The lowest BCUT2D eigenvalue weighted by atomic mass is 9.98. The van der Waals surface area contributed by atoms with Gasteiger partial charge in [-0.15, -0.1) is 0 Å². The number of aliphatic carboxylic acids is 1. The Labute approximate surface area is 113 Å². The van der Waals surface area contributed by atoms with Gasteiger partial charge >= 0.3 is 5.97 Å². The van der Waals surface area contributed by atoms with Crippen molar-refractivity contribution in [1.82, 2.24) is 4.90 Å². The number of carboxylic acids is 1. The molecule has 0 aliphatic carbocycles. The fourth-order valence-corrected chi connectivity index (χ4v) is 2.29. The van der Waals surface area contributed by atoms with Crippen LogP contribution in [0.3, 0.4) is 0 Å². The molecule has 0 aromatic carbocycles. The SMILES string of the molecule is CCCN(C(=O)CC(C)(C)N)C1COCC1C(=O)O. The second-order valence-electron chi connectivity index (χ2n) is 5.80. The van der Waals surface area contributed by atoms with Gasteiger partial charge in [-0.25, -0.2) is 0 Å². The van der Waals surface area contributed by atoms with Crippen LogP contribution in [0, 0.1) is 5.92 Å². The van der Waals surface area contributed by atoms with Crippen molar-refractivity contribution in [2.45, 2.75) is 45.2 Å². The molecule has 0 aromatic rings. The third kappa shape index (κ3) is 4.47. The van der Waals surface area contributed by atoms with E-state index in [-0.39, 0.29) is 31.6 Å². The molecule has 1 amide bonds. The van der Waals surface area contributed by atoms with Gasteiger partial charge in [0.15, 0.2) is 0 Å². The van der Waals surface area contributed by atoms with Crippen molar-refractivity contribution in [2.24, 2.45) is 11.7 Å². The molecule has 0 saturated carbocycles. The zero-order valence-electron chi connectivity index (χ0n) is 11.9.